The van der Waals surface area contributed by atoms with Crippen molar-refractivity contribution in [2.45, 2.75) is 46.8 Å². The predicted octanol–water partition coefficient (Wildman–Crippen LogP) is 2.81. The highest BCUT2D eigenvalue weighted by Gasteiger charge is 2.24. The summed E-state index contributed by atoms with van der Waals surface area (Å²) < 4.78 is 14.0. The van der Waals surface area contributed by atoms with Gasteiger partial charge in [0.25, 0.3) is 0 Å². The topological polar surface area (TPSA) is 140 Å². The van der Waals surface area contributed by atoms with Crippen LogP contribution in [0.1, 0.15) is 39.1 Å². The molecule has 11 heteroatoms. The Kier molecular flexibility index (Phi) is 8.48. The number of hydrogen-bond donors (Lipinski definition) is 3. The maximum absolute atomic E-state index is 9.56. The smallest absolute Gasteiger partial charge is 0.221 e. The van der Waals surface area contributed by atoms with Gasteiger partial charge in [0.05, 0.1) is 65.4 Å². The highest BCUT2D eigenvalue weighted by Crippen LogP contribution is 2.34. The summed E-state index contributed by atoms with van der Waals surface area (Å²) in [7, 11) is 1.88. The molecule has 0 radical (unpaired) electrons. The Bertz CT molecular complexity index is 1370. The van der Waals surface area contributed by atoms with E-state index in [1.807, 2.05) is 46.0 Å². The van der Waals surface area contributed by atoms with Gasteiger partial charge in [0.15, 0.2) is 5.88 Å². The number of nitrogens with zero attached hydrogens (tertiary/aromatic N) is 6. The largest absolute Gasteiger partial charge is 0.479 e. The Morgan fingerprint density at radius 1 is 1.37 bits per heavy atom. The molecule has 3 aromatic rings. The number of aromatic amines is 1. The second kappa shape index (κ2) is 11.8. The number of aliphatic hydroxyl groups is 1. The summed E-state index contributed by atoms with van der Waals surface area (Å²) in [4.78, 5) is 11.7. The van der Waals surface area contributed by atoms with Crippen molar-refractivity contribution in [1.29, 1.82) is 0 Å². The van der Waals surface area contributed by atoms with Crippen molar-refractivity contribution in [3.05, 3.63) is 41.2 Å². The minimum atomic E-state index is -0.171. The van der Waals surface area contributed by atoms with Crippen molar-refractivity contribution in [1.82, 2.24) is 29.9 Å². The molecule has 0 unspecified atom stereocenters. The van der Waals surface area contributed by atoms with Gasteiger partial charge in [0.1, 0.15) is 6.10 Å². The third-order valence-electron chi connectivity index (χ3n) is 6.48. The number of nitrogens with two attached hydrogens (primary N) is 1. The van der Waals surface area contributed by atoms with Crippen LogP contribution >= 0.6 is 0 Å². The van der Waals surface area contributed by atoms with Crippen LogP contribution in [0.3, 0.4) is 0 Å². The van der Waals surface area contributed by atoms with Gasteiger partial charge in [-0.3, -0.25) is 20.0 Å². The third kappa shape index (κ3) is 5.73. The lowest BCUT2D eigenvalue weighted by Crippen LogP contribution is -2.42. The fourth-order valence-corrected chi connectivity index (χ4v) is 4.60. The minimum Gasteiger partial charge on any atom is -0.479 e. The Morgan fingerprint density at radius 2 is 2.16 bits per heavy atom. The van der Waals surface area contributed by atoms with Gasteiger partial charge in [-0.2, -0.15) is 10.2 Å². The van der Waals surface area contributed by atoms with Crippen LogP contribution in [0.15, 0.2) is 34.8 Å². The predicted molar refractivity (Wildman–Crippen MR) is 149 cm³/mol. The van der Waals surface area contributed by atoms with Crippen LogP contribution < -0.4 is 10.5 Å². The maximum atomic E-state index is 9.56. The summed E-state index contributed by atoms with van der Waals surface area (Å²) in [5.41, 5.74) is 11.8. The second-order valence-corrected chi connectivity index (χ2v) is 9.66. The zero-order chi connectivity index (χ0) is 27.4. The first-order valence-electron chi connectivity index (χ1n) is 13.0. The fourth-order valence-electron chi connectivity index (χ4n) is 4.60. The molecular weight excluding hydrogens is 484 g/mol. The first-order chi connectivity index (χ1) is 18.2. The molecule has 4 rings (SSSR count). The molecule has 0 saturated heterocycles. The van der Waals surface area contributed by atoms with Gasteiger partial charge in [0, 0.05) is 31.6 Å². The van der Waals surface area contributed by atoms with Crippen molar-refractivity contribution in [3.8, 4) is 17.1 Å². The van der Waals surface area contributed by atoms with Crippen molar-refractivity contribution in [3.63, 3.8) is 0 Å². The number of allylic oxidation sites excluding steroid dienone is 1. The number of aliphatic hydroxyl groups excluding tert-OH is 1. The van der Waals surface area contributed by atoms with Gasteiger partial charge in [-0.25, -0.2) is 4.68 Å². The van der Waals surface area contributed by atoms with E-state index in [2.05, 4.69) is 34.0 Å². The molecule has 0 aromatic carbocycles. The first kappa shape index (κ1) is 27.3. The summed E-state index contributed by atoms with van der Waals surface area (Å²) in [6.07, 6.45) is 5.38. The molecule has 3 aromatic heterocycles. The standard InChI is InChI=1S/C27H38N8O3/c1-7-37-26(28)19-8-9-21-20-12-22(30-13-23(20)32-31-21)25-18(5)33-34(6)27(25)38-17(4)14-35(16(2)3)15-24(19)29-10-11-36/h8-9,12-13,16-17,36H,7,10-11,14-15,28H2,1-6H3,(H,31,32)/b9-8+,26-19+,29-24?/t17-/m0/s1. The molecule has 11 nitrogen and oxygen atoms in total. The SMILES string of the molecule is CCO/C(N)=C1\C=C\c2n[nH]c3cnc(cc23)-c2c(C)nn(C)c2O[C@@H](C)CN(C(C)C)CC1=NCCO. The van der Waals surface area contributed by atoms with E-state index in [4.69, 9.17) is 25.2 Å². The normalized spacial score (nSPS) is 20.3. The highest BCUT2D eigenvalue weighted by molar-refractivity contribution is 6.05. The number of nitrogens with one attached hydrogen (secondary N) is 1. The number of aryl methyl sites for hydroxylation is 2. The molecule has 204 valence electrons. The summed E-state index contributed by atoms with van der Waals surface area (Å²) >= 11 is 0. The van der Waals surface area contributed by atoms with Crippen molar-refractivity contribution in [2.75, 3.05) is 32.8 Å². The molecule has 1 atom stereocenters. The number of hydrogen-bond acceptors (Lipinski definition) is 9. The van der Waals surface area contributed by atoms with Gasteiger partial charge in [0.2, 0.25) is 5.88 Å². The maximum Gasteiger partial charge on any atom is 0.221 e. The quantitative estimate of drug-likeness (QED) is 0.435. The Balaban J connectivity index is 1.94. The van der Waals surface area contributed by atoms with Crippen LogP contribution in [0.5, 0.6) is 5.88 Å². The lowest BCUT2D eigenvalue weighted by atomic mass is 10.1. The molecule has 38 heavy (non-hydrogen) atoms. The van der Waals surface area contributed by atoms with Crippen LogP contribution in [-0.2, 0) is 11.8 Å². The van der Waals surface area contributed by atoms with E-state index in [0.29, 0.717) is 31.1 Å². The second-order valence-electron chi connectivity index (χ2n) is 9.66. The number of H-pyrrole nitrogens is 1. The van der Waals surface area contributed by atoms with Crippen LogP contribution in [-0.4, -0.2) is 85.7 Å². The monoisotopic (exact) mass is 522 g/mol. The lowest BCUT2D eigenvalue weighted by Gasteiger charge is -2.30. The minimum absolute atomic E-state index is 0.0708. The molecule has 0 saturated carbocycles. The Hall–Kier alpha value is -3.70. The van der Waals surface area contributed by atoms with Gasteiger partial charge < -0.3 is 20.3 Å². The zero-order valence-electron chi connectivity index (χ0n) is 23.0. The zero-order valence-corrected chi connectivity index (χ0v) is 23.0. The lowest BCUT2D eigenvalue weighted by molar-refractivity contribution is 0.128. The van der Waals surface area contributed by atoms with Gasteiger partial charge in [-0.15, -0.1) is 0 Å². The molecule has 0 spiro atoms. The summed E-state index contributed by atoms with van der Waals surface area (Å²) in [5.74, 6) is 0.936. The molecule has 1 aliphatic rings. The number of pyridine rings is 1. The van der Waals surface area contributed by atoms with Gasteiger partial charge in [-0.05, 0) is 52.8 Å². The van der Waals surface area contributed by atoms with E-state index in [1.165, 1.54) is 0 Å². The third-order valence-corrected chi connectivity index (χ3v) is 6.48. The van der Waals surface area contributed by atoms with Gasteiger partial charge >= 0.3 is 0 Å². The van der Waals surface area contributed by atoms with Crippen LogP contribution in [0, 0.1) is 6.92 Å². The van der Waals surface area contributed by atoms with E-state index >= 15 is 0 Å². The average Bonchev–Trinajstić information content (AvgIpc) is 3.40. The molecular formula is C27H38N8O3. The van der Waals surface area contributed by atoms with Crippen LogP contribution in [0.25, 0.3) is 28.2 Å². The number of aromatic nitrogens is 5. The molecule has 0 amide bonds. The molecule has 2 bridgehead atoms. The Morgan fingerprint density at radius 3 is 2.87 bits per heavy atom. The number of rotatable bonds is 5. The van der Waals surface area contributed by atoms with Crippen molar-refractivity contribution in [2.24, 2.45) is 17.8 Å². The Labute approximate surface area is 223 Å². The number of fused-ring (bicyclic) bond motifs is 3. The van der Waals surface area contributed by atoms with Gasteiger partial charge in [-0.1, -0.05) is 0 Å². The number of ether oxygens (including phenoxy) is 2. The van der Waals surface area contributed by atoms with Crippen molar-refractivity contribution >= 4 is 22.7 Å². The van der Waals surface area contributed by atoms with Crippen molar-refractivity contribution < 1.29 is 14.6 Å². The molecule has 1 aliphatic heterocycles. The fraction of sp³-hybridized carbons (Fsp3) is 0.481. The van der Waals surface area contributed by atoms with E-state index in [-0.39, 0.29) is 31.2 Å². The van der Waals surface area contributed by atoms with E-state index in [0.717, 1.165) is 39.3 Å². The van der Waals surface area contributed by atoms with E-state index in [9.17, 15) is 5.11 Å². The molecule has 0 fully saturated rings. The van der Waals surface area contributed by atoms with Crippen LogP contribution in [0.4, 0.5) is 0 Å². The summed E-state index contributed by atoms with van der Waals surface area (Å²) in [6.45, 7) is 11.9. The molecule has 4 heterocycles. The summed E-state index contributed by atoms with van der Waals surface area (Å²) in [6, 6.07) is 2.18. The first-order valence-corrected chi connectivity index (χ1v) is 13.0. The molecule has 4 N–H and O–H groups in total. The van der Waals surface area contributed by atoms with Crippen LogP contribution in [0.2, 0.25) is 0 Å². The molecule has 0 aliphatic carbocycles. The average molecular weight is 523 g/mol. The number of aliphatic imine (C=N–C) groups is 1. The van der Waals surface area contributed by atoms with E-state index in [1.54, 1.807) is 10.9 Å². The van der Waals surface area contributed by atoms with E-state index < -0.39 is 0 Å². The summed E-state index contributed by atoms with van der Waals surface area (Å²) in [5, 5.41) is 22.7. The highest BCUT2D eigenvalue weighted by atomic mass is 16.5.